The van der Waals surface area contributed by atoms with Crippen LogP contribution in [0.5, 0.6) is 0 Å². The highest BCUT2D eigenvalue weighted by Crippen LogP contribution is 2.42. The van der Waals surface area contributed by atoms with Gasteiger partial charge in [-0.15, -0.1) is 0 Å². The maximum atomic E-state index is 14.4. The molecule has 0 saturated heterocycles. The predicted octanol–water partition coefficient (Wildman–Crippen LogP) is 7.53. The molecule has 0 aliphatic heterocycles. The molecule has 268 valence electrons. The molecule has 0 spiro atoms. The van der Waals surface area contributed by atoms with Gasteiger partial charge in [-0.1, -0.05) is 30.1 Å². The van der Waals surface area contributed by atoms with Crippen molar-refractivity contribution in [3.8, 4) is 0 Å². The number of nitrogens with one attached hydrogen (secondary N) is 1. The minimum absolute atomic E-state index is 0.0124. The number of carbonyl (C=O) groups excluding carboxylic acids is 3. The number of alkyl halides is 3. The minimum atomic E-state index is -4.95. The standard InChI is InChI=1S/C32H42Cl2F3N3O7S/c1-10-48(44,45)25-14-13-20(33)18-24(25)40(9)27(41)19-16-21(32(35,36)37)26(22(34)17-19)39(8)15-11-12-23(28(42)46-30(2,3)4)38-29(43)47-31(5,6)7/h13-14,16-18,23H,10-12,15H2,1-9H3,(H,38,43)/t23-/m0/s1. The van der Waals surface area contributed by atoms with Crippen LogP contribution < -0.4 is 15.1 Å². The molecule has 1 N–H and O–H groups in total. The molecule has 2 aromatic carbocycles. The number of carbonyl (C=O) groups is 3. The lowest BCUT2D eigenvalue weighted by Crippen LogP contribution is -2.46. The van der Waals surface area contributed by atoms with Gasteiger partial charge in [-0.05, 0) is 84.7 Å². The molecular formula is C32H42Cl2F3N3O7S. The van der Waals surface area contributed by atoms with E-state index < -0.39 is 73.1 Å². The second kappa shape index (κ2) is 15.5. The fourth-order valence-electron chi connectivity index (χ4n) is 4.52. The smallest absolute Gasteiger partial charge is 0.418 e. The molecule has 0 aliphatic rings. The molecule has 48 heavy (non-hydrogen) atoms. The van der Waals surface area contributed by atoms with Crippen LogP contribution in [0.25, 0.3) is 0 Å². The van der Waals surface area contributed by atoms with E-state index in [1.807, 2.05) is 0 Å². The van der Waals surface area contributed by atoms with Crippen molar-refractivity contribution in [2.45, 2.75) is 89.6 Å². The van der Waals surface area contributed by atoms with E-state index in [1.54, 1.807) is 41.5 Å². The van der Waals surface area contributed by atoms with Crippen LogP contribution in [0.4, 0.5) is 29.3 Å². The summed E-state index contributed by atoms with van der Waals surface area (Å²) in [6.45, 7) is 11.3. The Hall–Kier alpha value is -3.23. The number of rotatable bonds is 11. The Balaban J connectivity index is 2.41. The van der Waals surface area contributed by atoms with E-state index in [2.05, 4.69) is 5.32 Å². The van der Waals surface area contributed by atoms with Crippen molar-refractivity contribution in [2.24, 2.45) is 0 Å². The summed E-state index contributed by atoms with van der Waals surface area (Å²) in [5.41, 5.74) is -3.91. The number of sulfone groups is 1. The summed E-state index contributed by atoms with van der Waals surface area (Å²) in [6, 6.07) is 4.34. The maximum Gasteiger partial charge on any atom is 0.418 e. The summed E-state index contributed by atoms with van der Waals surface area (Å²) in [5.74, 6) is -1.99. The van der Waals surface area contributed by atoms with E-state index in [9.17, 15) is 36.0 Å². The lowest BCUT2D eigenvalue weighted by molar-refractivity contribution is -0.157. The van der Waals surface area contributed by atoms with Crippen LogP contribution in [0.3, 0.4) is 0 Å². The summed E-state index contributed by atoms with van der Waals surface area (Å²) in [6.07, 6.45) is -5.72. The molecule has 2 aromatic rings. The summed E-state index contributed by atoms with van der Waals surface area (Å²) < 4.78 is 79.3. The van der Waals surface area contributed by atoms with Crippen LogP contribution in [0, 0.1) is 0 Å². The third kappa shape index (κ3) is 11.4. The summed E-state index contributed by atoms with van der Waals surface area (Å²) >= 11 is 12.5. The van der Waals surface area contributed by atoms with Crippen molar-refractivity contribution in [2.75, 3.05) is 36.2 Å². The van der Waals surface area contributed by atoms with E-state index in [0.717, 1.165) is 11.0 Å². The summed E-state index contributed by atoms with van der Waals surface area (Å²) in [4.78, 5) is 40.7. The predicted molar refractivity (Wildman–Crippen MR) is 180 cm³/mol. The Bertz CT molecular complexity index is 1620. The molecule has 2 rings (SSSR count). The van der Waals surface area contributed by atoms with Crippen molar-refractivity contribution < 1.29 is 45.4 Å². The van der Waals surface area contributed by atoms with Gasteiger partial charge in [-0.2, -0.15) is 13.2 Å². The van der Waals surface area contributed by atoms with Crippen molar-refractivity contribution in [1.29, 1.82) is 0 Å². The van der Waals surface area contributed by atoms with Gasteiger partial charge in [-0.3, -0.25) is 4.79 Å². The maximum absolute atomic E-state index is 14.4. The zero-order chi connectivity index (χ0) is 37.0. The van der Waals surface area contributed by atoms with E-state index in [4.69, 9.17) is 32.7 Å². The van der Waals surface area contributed by atoms with E-state index in [-0.39, 0.29) is 40.7 Å². The third-order valence-corrected chi connectivity index (χ3v) is 8.97. The SMILES string of the molecule is CCS(=O)(=O)c1ccc(Cl)cc1N(C)C(=O)c1cc(Cl)c(N(C)CCC[C@H](NC(=O)OC(C)(C)C)C(=O)OC(C)(C)C)c(C(F)(F)F)c1. The number of anilines is 2. The molecular weight excluding hydrogens is 698 g/mol. The number of halogens is 5. The lowest BCUT2D eigenvalue weighted by atomic mass is 10.0. The highest BCUT2D eigenvalue weighted by Gasteiger charge is 2.38. The van der Waals surface area contributed by atoms with Crippen molar-refractivity contribution in [1.82, 2.24) is 5.32 Å². The Morgan fingerprint density at radius 3 is 2.04 bits per heavy atom. The topological polar surface area (TPSA) is 122 Å². The Morgan fingerprint density at radius 1 is 0.938 bits per heavy atom. The number of nitrogens with zero attached hydrogens (tertiary/aromatic N) is 2. The van der Waals surface area contributed by atoms with Gasteiger partial charge in [0.15, 0.2) is 9.84 Å². The van der Waals surface area contributed by atoms with Crippen molar-refractivity contribution in [3.63, 3.8) is 0 Å². The zero-order valence-electron chi connectivity index (χ0n) is 28.3. The van der Waals surface area contributed by atoms with Crippen LogP contribution in [-0.4, -0.2) is 70.0 Å². The van der Waals surface area contributed by atoms with Gasteiger partial charge in [0.1, 0.15) is 17.2 Å². The van der Waals surface area contributed by atoms with Gasteiger partial charge in [0.2, 0.25) is 0 Å². The van der Waals surface area contributed by atoms with Crippen LogP contribution in [-0.2, 0) is 30.3 Å². The Kier molecular flexibility index (Phi) is 13.3. The molecule has 16 heteroatoms. The monoisotopic (exact) mass is 739 g/mol. The number of esters is 1. The van der Waals surface area contributed by atoms with Crippen molar-refractivity contribution in [3.05, 3.63) is 51.5 Å². The van der Waals surface area contributed by atoms with E-state index in [1.165, 1.54) is 44.1 Å². The zero-order valence-corrected chi connectivity index (χ0v) is 30.7. The second-order valence-corrected chi connectivity index (χ2v) is 16.1. The molecule has 2 amide bonds. The summed E-state index contributed by atoms with van der Waals surface area (Å²) in [7, 11) is -1.25. The largest absolute Gasteiger partial charge is 0.458 e. The van der Waals surface area contributed by atoms with Crippen LogP contribution >= 0.6 is 23.2 Å². The highest BCUT2D eigenvalue weighted by molar-refractivity contribution is 7.91. The molecule has 0 aliphatic carbocycles. The molecule has 0 fully saturated rings. The van der Waals surface area contributed by atoms with Gasteiger partial charge in [0.25, 0.3) is 5.91 Å². The first-order valence-electron chi connectivity index (χ1n) is 14.9. The molecule has 0 saturated carbocycles. The number of ether oxygens (including phenoxy) is 2. The summed E-state index contributed by atoms with van der Waals surface area (Å²) in [5, 5.41) is 2.19. The molecule has 0 aromatic heterocycles. The quantitative estimate of drug-likeness (QED) is 0.235. The van der Waals surface area contributed by atoms with Gasteiger partial charge in [0.05, 0.1) is 32.6 Å². The van der Waals surface area contributed by atoms with Gasteiger partial charge in [-0.25, -0.2) is 18.0 Å². The lowest BCUT2D eigenvalue weighted by Gasteiger charge is -2.28. The van der Waals surface area contributed by atoms with Gasteiger partial charge < -0.3 is 24.6 Å². The molecule has 10 nitrogen and oxygen atoms in total. The number of amides is 2. The first-order valence-corrected chi connectivity index (χ1v) is 17.3. The third-order valence-electron chi connectivity index (χ3n) is 6.67. The fourth-order valence-corrected chi connectivity index (χ4v) is 6.15. The average Bonchev–Trinajstić information content (AvgIpc) is 2.92. The van der Waals surface area contributed by atoms with E-state index >= 15 is 0 Å². The number of hydrogen-bond acceptors (Lipinski definition) is 8. The second-order valence-electron chi connectivity index (χ2n) is 13.0. The molecule has 0 unspecified atom stereocenters. The number of alkyl carbamates (subject to hydrolysis) is 1. The Morgan fingerprint density at radius 2 is 1.52 bits per heavy atom. The Labute approximate surface area is 289 Å². The molecule has 0 radical (unpaired) electrons. The normalized spacial score (nSPS) is 13.0. The fraction of sp³-hybridized carbons (Fsp3) is 0.531. The van der Waals surface area contributed by atoms with Crippen molar-refractivity contribution >= 4 is 62.4 Å². The molecule has 0 bridgehead atoms. The van der Waals surface area contributed by atoms with E-state index in [0.29, 0.717) is 6.07 Å². The number of hydrogen-bond donors (Lipinski definition) is 1. The molecule has 1 atom stereocenters. The average molecular weight is 741 g/mol. The van der Waals surface area contributed by atoms with Crippen LogP contribution in [0.15, 0.2) is 35.2 Å². The molecule has 0 heterocycles. The van der Waals surface area contributed by atoms with Crippen LogP contribution in [0.2, 0.25) is 10.0 Å². The first-order chi connectivity index (χ1) is 21.8. The first kappa shape index (κ1) is 40.9. The highest BCUT2D eigenvalue weighted by atomic mass is 35.5. The van der Waals surface area contributed by atoms with Crippen LogP contribution in [0.1, 0.15) is 77.2 Å². The van der Waals surface area contributed by atoms with Gasteiger partial charge >= 0.3 is 18.2 Å². The number of benzene rings is 2. The minimum Gasteiger partial charge on any atom is -0.458 e. The van der Waals surface area contributed by atoms with Gasteiger partial charge in [0, 0.05) is 31.2 Å².